The van der Waals surface area contributed by atoms with Crippen LogP contribution in [-0.4, -0.2) is 62.6 Å². The first-order valence-electron chi connectivity index (χ1n) is 14.8. The third-order valence-electron chi connectivity index (χ3n) is 7.32. The van der Waals surface area contributed by atoms with Crippen molar-refractivity contribution in [2.75, 3.05) is 27.4 Å². The maximum atomic E-state index is 13.1. The number of nitrogens with one attached hydrogen (secondary N) is 1. The second kappa shape index (κ2) is 16.5. The van der Waals surface area contributed by atoms with Crippen LogP contribution in [0.3, 0.4) is 0 Å². The number of methoxy groups -OCH3 is 2. The van der Waals surface area contributed by atoms with Gasteiger partial charge >= 0.3 is 24.0 Å². The number of benzene rings is 4. The summed E-state index contributed by atoms with van der Waals surface area (Å²) in [6, 6.07) is 28.4. The van der Waals surface area contributed by atoms with Gasteiger partial charge in [0, 0.05) is 0 Å². The number of alkyl halides is 3. The lowest BCUT2D eigenvalue weighted by Gasteiger charge is -2.24. The fourth-order valence-corrected chi connectivity index (χ4v) is 4.74. The Morgan fingerprint density at radius 3 is 1.46 bits per heavy atom. The molecule has 4 aromatic carbocycles. The lowest BCUT2D eigenvalue weighted by Crippen LogP contribution is -2.47. The maximum Gasteiger partial charge on any atom is 0.471 e. The Kier molecular flexibility index (Phi) is 12.2. The van der Waals surface area contributed by atoms with Crippen LogP contribution in [0.5, 0.6) is 11.5 Å². The predicted molar refractivity (Wildman–Crippen MR) is 170 cm³/mol. The Labute approximate surface area is 275 Å². The smallest absolute Gasteiger partial charge is 0.471 e. The van der Waals surface area contributed by atoms with Gasteiger partial charge in [-0.2, -0.15) is 13.2 Å². The fourth-order valence-electron chi connectivity index (χ4n) is 4.74. The van der Waals surface area contributed by atoms with Crippen LogP contribution in [0.1, 0.15) is 30.1 Å². The summed E-state index contributed by atoms with van der Waals surface area (Å²) in [5, 5.41) is 10.6. The van der Waals surface area contributed by atoms with Crippen LogP contribution in [0, 0.1) is 0 Å². The molecule has 0 radical (unpaired) electrons. The topological polar surface area (TPSA) is 120 Å². The van der Waals surface area contributed by atoms with Crippen LogP contribution >= 0.6 is 0 Å². The SMILES string of the molecule is COc1ccc(-c2ccc(C(OC[C@@H](COC(=O)CCC(=O)O)NC(=O)C(F)(F)F)c3ccc(-c4ccc(OC)cc4)cc3)cc2)cc1. The van der Waals surface area contributed by atoms with Crippen LogP contribution in [0.25, 0.3) is 22.3 Å². The van der Waals surface area contributed by atoms with Gasteiger partial charge in [-0.3, -0.25) is 14.4 Å². The van der Waals surface area contributed by atoms with Gasteiger partial charge in [0.25, 0.3) is 0 Å². The molecule has 48 heavy (non-hydrogen) atoms. The number of halogens is 3. The minimum Gasteiger partial charge on any atom is -0.497 e. The van der Waals surface area contributed by atoms with Gasteiger partial charge in [-0.25, -0.2) is 0 Å². The molecule has 0 aliphatic rings. The molecule has 0 aliphatic heterocycles. The highest BCUT2D eigenvalue weighted by Gasteiger charge is 2.40. The number of carboxylic acid groups (broad SMARTS) is 1. The van der Waals surface area contributed by atoms with Gasteiger partial charge < -0.3 is 29.4 Å². The van der Waals surface area contributed by atoms with Crippen molar-refractivity contribution in [2.24, 2.45) is 0 Å². The summed E-state index contributed by atoms with van der Waals surface area (Å²) < 4.78 is 61.1. The number of amides is 1. The third kappa shape index (κ3) is 10.1. The Morgan fingerprint density at radius 1 is 0.667 bits per heavy atom. The van der Waals surface area contributed by atoms with Gasteiger partial charge in [0.15, 0.2) is 0 Å². The van der Waals surface area contributed by atoms with E-state index in [2.05, 4.69) is 0 Å². The van der Waals surface area contributed by atoms with Crippen LogP contribution in [0.15, 0.2) is 97.1 Å². The molecule has 0 aromatic heterocycles. The summed E-state index contributed by atoms with van der Waals surface area (Å²) in [6.07, 6.45) is -7.00. The highest BCUT2D eigenvalue weighted by Crippen LogP contribution is 2.32. The number of esters is 1. The van der Waals surface area contributed by atoms with E-state index in [9.17, 15) is 27.6 Å². The van der Waals surface area contributed by atoms with Gasteiger partial charge in [0.2, 0.25) is 0 Å². The molecule has 0 heterocycles. The van der Waals surface area contributed by atoms with Gasteiger partial charge in [-0.15, -0.1) is 0 Å². The Morgan fingerprint density at radius 2 is 1.08 bits per heavy atom. The quantitative estimate of drug-likeness (QED) is 0.136. The first-order chi connectivity index (χ1) is 23.0. The van der Waals surface area contributed by atoms with Gasteiger partial charge in [0.1, 0.15) is 24.2 Å². The Hall–Kier alpha value is -5.36. The molecule has 0 bridgehead atoms. The Bertz CT molecular complexity index is 1570. The van der Waals surface area contributed by atoms with Crippen molar-refractivity contribution in [3.63, 3.8) is 0 Å². The third-order valence-corrected chi connectivity index (χ3v) is 7.32. The second-order valence-electron chi connectivity index (χ2n) is 10.7. The molecule has 0 saturated carbocycles. The molecule has 1 amide bonds. The van der Waals surface area contributed by atoms with E-state index in [1.54, 1.807) is 14.2 Å². The number of rotatable bonds is 15. The molecule has 0 aliphatic carbocycles. The van der Waals surface area contributed by atoms with E-state index in [0.717, 1.165) is 22.3 Å². The normalized spacial score (nSPS) is 11.9. The number of ether oxygens (including phenoxy) is 4. The van der Waals surface area contributed by atoms with Crippen LogP contribution in [-0.2, 0) is 23.9 Å². The number of carbonyl (C=O) groups excluding carboxylic acids is 2. The molecule has 252 valence electrons. The molecule has 0 spiro atoms. The van der Waals surface area contributed by atoms with Crippen molar-refractivity contribution < 1.29 is 51.6 Å². The van der Waals surface area contributed by atoms with Crippen LogP contribution < -0.4 is 14.8 Å². The van der Waals surface area contributed by atoms with E-state index in [0.29, 0.717) is 22.6 Å². The minimum atomic E-state index is -5.19. The molecule has 4 rings (SSSR count). The summed E-state index contributed by atoms with van der Waals surface area (Å²) in [7, 11) is 3.16. The van der Waals surface area contributed by atoms with E-state index >= 15 is 0 Å². The second-order valence-corrected chi connectivity index (χ2v) is 10.7. The summed E-state index contributed by atoms with van der Waals surface area (Å²) >= 11 is 0. The molecule has 4 aromatic rings. The Balaban J connectivity index is 1.60. The zero-order chi connectivity index (χ0) is 34.7. The monoisotopic (exact) mass is 665 g/mol. The average molecular weight is 666 g/mol. The largest absolute Gasteiger partial charge is 0.497 e. The van der Waals surface area contributed by atoms with Gasteiger partial charge in [-0.1, -0.05) is 72.8 Å². The molecule has 9 nitrogen and oxygen atoms in total. The van der Waals surface area contributed by atoms with E-state index in [-0.39, 0.29) is 0 Å². The summed E-state index contributed by atoms with van der Waals surface area (Å²) in [6.45, 7) is -1.14. The lowest BCUT2D eigenvalue weighted by atomic mass is 9.96. The number of hydrogen-bond donors (Lipinski definition) is 2. The molecule has 12 heteroatoms. The summed E-state index contributed by atoms with van der Waals surface area (Å²) in [5.41, 5.74) is 5.01. The summed E-state index contributed by atoms with van der Waals surface area (Å²) in [5.74, 6) is -3.00. The zero-order valence-electron chi connectivity index (χ0n) is 26.2. The first-order valence-corrected chi connectivity index (χ1v) is 14.8. The highest BCUT2D eigenvalue weighted by molar-refractivity contribution is 5.82. The van der Waals surface area contributed by atoms with E-state index in [4.69, 9.17) is 24.1 Å². The minimum absolute atomic E-state index is 0.473. The highest BCUT2D eigenvalue weighted by atomic mass is 19.4. The molecule has 2 N–H and O–H groups in total. The predicted octanol–water partition coefficient (Wildman–Crippen LogP) is 6.60. The van der Waals surface area contributed by atoms with E-state index in [1.807, 2.05) is 102 Å². The zero-order valence-corrected chi connectivity index (χ0v) is 26.2. The van der Waals surface area contributed by atoms with Crippen molar-refractivity contribution in [3.05, 3.63) is 108 Å². The van der Waals surface area contributed by atoms with Gasteiger partial charge in [-0.05, 0) is 57.6 Å². The molecule has 0 saturated heterocycles. The molecular weight excluding hydrogens is 631 g/mol. The van der Waals surface area contributed by atoms with Crippen LogP contribution in [0.4, 0.5) is 13.2 Å². The van der Waals surface area contributed by atoms with Crippen molar-refractivity contribution in [2.45, 2.75) is 31.2 Å². The van der Waals surface area contributed by atoms with Crippen molar-refractivity contribution in [1.29, 1.82) is 0 Å². The molecule has 0 unspecified atom stereocenters. The molecule has 1 atom stereocenters. The van der Waals surface area contributed by atoms with Crippen LogP contribution in [0.2, 0.25) is 0 Å². The first kappa shape index (κ1) is 35.5. The number of aliphatic carboxylic acids is 1. The van der Waals surface area contributed by atoms with Gasteiger partial charge in [0.05, 0.1) is 39.7 Å². The van der Waals surface area contributed by atoms with E-state index in [1.165, 1.54) is 0 Å². The van der Waals surface area contributed by atoms with Crippen molar-refractivity contribution in [3.8, 4) is 33.8 Å². The maximum absolute atomic E-state index is 13.1. The standard InChI is InChI=1S/C36H34F3NO8/c1-45-30-15-11-25(12-16-30)23-3-7-27(8-4-23)34(28-9-5-24(6-10-28)26-13-17-31(46-2)18-14-26)48-22-29(40-35(44)36(37,38)39)21-47-33(43)20-19-32(41)42/h3-18,29,34H,19-22H2,1-2H3,(H,40,44)(H,41,42)/t29-/m1/s1. The average Bonchev–Trinajstić information content (AvgIpc) is 3.09. The van der Waals surface area contributed by atoms with E-state index < -0.39 is 62.2 Å². The summed E-state index contributed by atoms with van der Waals surface area (Å²) in [4.78, 5) is 34.6. The van der Waals surface area contributed by atoms with Crippen molar-refractivity contribution in [1.82, 2.24) is 5.32 Å². The molecule has 0 fully saturated rings. The number of carbonyl (C=O) groups is 3. The van der Waals surface area contributed by atoms with Crippen molar-refractivity contribution >= 4 is 17.8 Å². The number of carboxylic acids is 1. The lowest BCUT2D eigenvalue weighted by molar-refractivity contribution is -0.175. The fraction of sp³-hybridized carbons (Fsp3) is 0.250. The number of hydrogen-bond acceptors (Lipinski definition) is 7. The molecular formula is C36H34F3NO8.